The Morgan fingerprint density at radius 2 is 2.25 bits per heavy atom. The fraction of sp³-hybridized carbons (Fsp3) is 0.200. The molecule has 0 bridgehead atoms. The second-order valence-electron chi connectivity index (χ2n) is 4.11. The van der Waals surface area contributed by atoms with Crippen LogP contribution < -0.4 is 5.69 Å². The van der Waals surface area contributed by atoms with Crippen LogP contribution in [-0.2, 0) is 6.54 Å². The van der Waals surface area contributed by atoms with Crippen molar-refractivity contribution in [3.8, 4) is 11.8 Å². The van der Waals surface area contributed by atoms with E-state index in [0.717, 1.165) is 5.56 Å². The lowest BCUT2D eigenvalue weighted by Gasteiger charge is -2.07. The highest BCUT2D eigenvalue weighted by atomic mass is 19.1. The van der Waals surface area contributed by atoms with Crippen molar-refractivity contribution in [2.24, 2.45) is 0 Å². The SMILES string of the molecule is O=c1ncccn1Cc1ccc(F)cc1C#CCCO. The van der Waals surface area contributed by atoms with Crippen LogP contribution in [0.15, 0.2) is 41.5 Å². The molecule has 1 N–H and O–H groups in total. The van der Waals surface area contributed by atoms with E-state index in [1.54, 1.807) is 18.3 Å². The van der Waals surface area contributed by atoms with E-state index < -0.39 is 0 Å². The Kier molecular flexibility index (Phi) is 4.64. The van der Waals surface area contributed by atoms with Crippen LogP contribution in [0.1, 0.15) is 17.5 Å². The maximum atomic E-state index is 13.3. The van der Waals surface area contributed by atoms with Gasteiger partial charge in [0.05, 0.1) is 13.2 Å². The van der Waals surface area contributed by atoms with E-state index in [-0.39, 0.29) is 24.7 Å². The molecule has 1 aromatic carbocycles. The molecule has 0 atom stereocenters. The van der Waals surface area contributed by atoms with Crippen LogP contribution >= 0.6 is 0 Å². The topological polar surface area (TPSA) is 55.1 Å². The maximum Gasteiger partial charge on any atom is 0.347 e. The summed E-state index contributed by atoms with van der Waals surface area (Å²) in [5.74, 6) is 5.17. The summed E-state index contributed by atoms with van der Waals surface area (Å²) in [7, 11) is 0. The summed E-state index contributed by atoms with van der Waals surface area (Å²) in [5, 5.41) is 8.71. The summed E-state index contributed by atoms with van der Waals surface area (Å²) >= 11 is 0. The van der Waals surface area contributed by atoms with Crippen LogP contribution in [0.3, 0.4) is 0 Å². The molecule has 0 amide bonds. The number of aromatic nitrogens is 2. The van der Waals surface area contributed by atoms with Crippen molar-refractivity contribution in [1.82, 2.24) is 9.55 Å². The lowest BCUT2D eigenvalue weighted by molar-refractivity contribution is 0.305. The Balaban J connectivity index is 2.35. The highest BCUT2D eigenvalue weighted by molar-refractivity contribution is 5.41. The molecule has 2 aromatic rings. The minimum atomic E-state index is -0.388. The van der Waals surface area contributed by atoms with Crippen LogP contribution in [0, 0.1) is 17.7 Å². The first-order valence-corrected chi connectivity index (χ1v) is 6.10. The maximum absolute atomic E-state index is 13.3. The molecule has 0 radical (unpaired) electrons. The van der Waals surface area contributed by atoms with Gasteiger partial charge in [-0.25, -0.2) is 14.2 Å². The standard InChI is InChI=1S/C15H13FN2O2/c16-14-6-5-13(12(10-14)4-1-2-9-19)11-18-8-3-7-17-15(18)20/h3,5-8,10,19H,2,9,11H2. The Morgan fingerprint density at radius 1 is 1.40 bits per heavy atom. The summed E-state index contributed by atoms with van der Waals surface area (Å²) in [4.78, 5) is 15.2. The van der Waals surface area contributed by atoms with Crippen molar-refractivity contribution in [3.05, 3.63) is 64.1 Å². The monoisotopic (exact) mass is 272 g/mol. The van der Waals surface area contributed by atoms with Crippen molar-refractivity contribution < 1.29 is 9.50 Å². The number of hydrogen-bond donors (Lipinski definition) is 1. The van der Waals surface area contributed by atoms with Crippen molar-refractivity contribution in [2.45, 2.75) is 13.0 Å². The van der Waals surface area contributed by atoms with E-state index >= 15 is 0 Å². The van der Waals surface area contributed by atoms with Gasteiger partial charge in [0.25, 0.3) is 0 Å². The summed E-state index contributed by atoms with van der Waals surface area (Å²) in [6.45, 7) is 0.232. The minimum absolute atomic E-state index is 0.0420. The first-order valence-electron chi connectivity index (χ1n) is 6.10. The molecule has 0 fully saturated rings. The lowest BCUT2D eigenvalue weighted by Crippen LogP contribution is -2.22. The molecule has 2 rings (SSSR count). The Hall–Kier alpha value is -2.45. The van der Waals surface area contributed by atoms with E-state index in [4.69, 9.17) is 5.11 Å². The molecule has 0 aliphatic heterocycles. The number of benzene rings is 1. The third kappa shape index (κ3) is 3.53. The number of nitrogens with zero attached hydrogens (tertiary/aromatic N) is 2. The zero-order valence-corrected chi connectivity index (χ0v) is 10.7. The average molecular weight is 272 g/mol. The zero-order valence-electron chi connectivity index (χ0n) is 10.7. The molecule has 5 heteroatoms. The van der Waals surface area contributed by atoms with E-state index in [1.165, 1.54) is 22.9 Å². The van der Waals surface area contributed by atoms with E-state index in [1.807, 2.05) is 0 Å². The quantitative estimate of drug-likeness (QED) is 0.853. The van der Waals surface area contributed by atoms with Crippen LogP contribution in [0.25, 0.3) is 0 Å². The Labute approximate surface area is 115 Å². The molecule has 0 unspecified atom stereocenters. The largest absolute Gasteiger partial charge is 0.395 e. The molecule has 0 aliphatic carbocycles. The Bertz CT molecular complexity index is 714. The van der Waals surface area contributed by atoms with E-state index in [0.29, 0.717) is 12.0 Å². The van der Waals surface area contributed by atoms with Gasteiger partial charge in [0.2, 0.25) is 0 Å². The molecule has 0 saturated heterocycles. The van der Waals surface area contributed by atoms with Gasteiger partial charge in [0, 0.05) is 24.4 Å². The molecule has 20 heavy (non-hydrogen) atoms. The number of hydrogen-bond acceptors (Lipinski definition) is 3. The van der Waals surface area contributed by atoms with Gasteiger partial charge in [-0.2, -0.15) is 0 Å². The summed E-state index contributed by atoms with van der Waals surface area (Å²) in [5.41, 5.74) is 0.868. The van der Waals surface area contributed by atoms with Crippen molar-refractivity contribution in [1.29, 1.82) is 0 Å². The van der Waals surface area contributed by atoms with Gasteiger partial charge in [0.1, 0.15) is 5.82 Å². The zero-order chi connectivity index (χ0) is 14.4. The summed E-state index contributed by atoms with van der Waals surface area (Å²) < 4.78 is 14.7. The van der Waals surface area contributed by atoms with E-state index in [2.05, 4.69) is 16.8 Å². The Morgan fingerprint density at radius 3 is 3.00 bits per heavy atom. The molecule has 0 saturated carbocycles. The van der Waals surface area contributed by atoms with Crippen LogP contribution in [-0.4, -0.2) is 21.3 Å². The van der Waals surface area contributed by atoms with Crippen LogP contribution in [0.2, 0.25) is 0 Å². The van der Waals surface area contributed by atoms with Gasteiger partial charge >= 0.3 is 5.69 Å². The highest BCUT2D eigenvalue weighted by Gasteiger charge is 2.04. The molecule has 102 valence electrons. The third-order valence-electron chi connectivity index (χ3n) is 2.66. The second-order valence-corrected chi connectivity index (χ2v) is 4.11. The van der Waals surface area contributed by atoms with Crippen molar-refractivity contribution in [3.63, 3.8) is 0 Å². The molecular weight excluding hydrogens is 259 g/mol. The molecule has 4 nitrogen and oxygen atoms in total. The molecular formula is C15H13FN2O2. The summed E-state index contributed by atoms with van der Waals surface area (Å²) in [6.07, 6.45) is 3.36. The van der Waals surface area contributed by atoms with Gasteiger partial charge in [-0.05, 0) is 23.8 Å². The smallest absolute Gasteiger partial charge is 0.347 e. The van der Waals surface area contributed by atoms with Crippen molar-refractivity contribution >= 4 is 0 Å². The normalized spacial score (nSPS) is 9.90. The molecule has 0 spiro atoms. The number of aliphatic hydroxyl groups is 1. The van der Waals surface area contributed by atoms with Gasteiger partial charge in [-0.3, -0.25) is 4.57 Å². The number of aliphatic hydroxyl groups excluding tert-OH is 1. The first kappa shape index (κ1) is 14.0. The molecule has 1 heterocycles. The summed E-state index contributed by atoms with van der Waals surface area (Å²) in [6, 6.07) is 5.90. The van der Waals surface area contributed by atoms with Crippen LogP contribution in [0.4, 0.5) is 4.39 Å². The van der Waals surface area contributed by atoms with Gasteiger partial charge in [-0.1, -0.05) is 17.9 Å². The lowest BCUT2D eigenvalue weighted by atomic mass is 10.1. The van der Waals surface area contributed by atoms with Gasteiger partial charge < -0.3 is 5.11 Å². The first-order chi connectivity index (χ1) is 9.70. The highest BCUT2D eigenvalue weighted by Crippen LogP contribution is 2.11. The fourth-order valence-corrected chi connectivity index (χ4v) is 1.71. The molecule has 1 aromatic heterocycles. The average Bonchev–Trinajstić information content (AvgIpc) is 2.44. The fourth-order valence-electron chi connectivity index (χ4n) is 1.71. The second kappa shape index (κ2) is 6.64. The third-order valence-corrected chi connectivity index (χ3v) is 2.66. The van der Waals surface area contributed by atoms with Gasteiger partial charge in [-0.15, -0.1) is 0 Å². The number of rotatable bonds is 3. The predicted octanol–water partition coefficient (Wildman–Crippen LogP) is 1.16. The van der Waals surface area contributed by atoms with Crippen LogP contribution in [0.5, 0.6) is 0 Å². The molecule has 0 aliphatic rings. The number of halogens is 1. The van der Waals surface area contributed by atoms with Gasteiger partial charge in [0.15, 0.2) is 0 Å². The minimum Gasteiger partial charge on any atom is -0.395 e. The predicted molar refractivity (Wildman–Crippen MR) is 72.6 cm³/mol. The van der Waals surface area contributed by atoms with E-state index in [9.17, 15) is 9.18 Å². The van der Waals surface area contributed by atoms with Crippen molar-refractivity contribution in [2.75, 3.05) is 6.61 Å².